The van der Waals surface area contributed by atoms with Gasteiger partial charge >= 0.3 is 17.3 Å². The molecule has 1 heterocycles. The molecule has 2 aromatic rings. The van der Waals surface area contributed by atoms with Gasteiger partial charge in [-0.3, -0.25) is 19.7 Å². The van der Waals surface area contributed by atoms with Crippen LogP contribution < -0.4 is 11.1 Å². The highest BCUT2D eigenvalue weighted by Crippen LogP contribution is 2.42. The normalized spacial score (nSPS) is 11.8. The van der Waals surface area contributed by atoms with Gasteiger partial charge in [-0.2, -0.15) is 13.2 Å². The van der Waals surface area contributed by atoms with Crippen LogP contribution in [0.25, 0.3) is 11.0 Å². The van der Waals surface area contributed by atoms with Crippen molar-refractivity contribution in [3.63, 3.8) is 0 Å². The third-order valence-corrected chi connectivity index (χ3v) is 3.19. The highest BCUT2D eigenvalue weighted by molar-refractivity contribution is 9.10. The van der Waals surface area contributed by atoms with Crippen LogP contribution in [0, 0.1) is 10.1 Å². The summed E-state index contributed by atoms with van der Waals surface area (Å²) in [7, 11) is 0. The van der Waals surface area contributed by atoms with Crippen molar-refractivity contribution in [3.05, 3.63) is 46.9 Å². The van der Waals surface area contributed by atoms with Crippen LogP contribution >= 0.6 is 15.9 Å². The molecule has 2 rings (SSSR count). The van der Waals surface area contributed by atoms with Gasteiger partial charge in [0.25, 0.3) is 5.69 Å². The standard InChI is InChI=1S/C9H3BrF3N3O4/c10-4-5-3(14-7(17)8(18)15-5)1-2(9(11,12)13)6(4)16(19)20/h1H,(H,14,17)(H,15,18). The topological polar surface area (TPSA) is 109 Å². The molecule has 0 amide bonds. The molecule has 1 aromatic heterocycles. The Hall–Kier alpha value is -2.17. The Morgan fingerprint density at radius 3 is 2.25 bits per heavy atom. The van der Waals surface area contributed by atoms with E-state index in [9.17, 15) is 32.9 Å². The lowest BCUT2D eigenvalue weighted by molar-refractivity contribution is -0.388. The second-order valence-electron chi connectivity index (χ2n) is 3.67. The molecule has 0 saturated heterocycles. The van der Waals surface area contributed by atoms with E-state index in [4.69, 9.17) is 0 Å². The first-order valence-electron chi connectivity index (χ1n) is 4.83. The van der Waals surface area contributed by atoms with Gasteiger partial charge in [0.15, 0.2) is 0 Å². The molecular weight excluding hydrogens is 351 g/mol. The Labute approximate surface area is 114 Å². The minimum absolute atomic E-state index is 0.297. The van der Waals surface area contributed by atoms with E-state index in [0.29, 0.717) is 6.07 Å². The Bertz CT molecular complexity index is 839. The predicted molar refractivity (Wildman–Crippen MR) is 64.5 cm³/mol. The van der Waals surface area contributed by atoms with Crippen molar-refractivity contribution in [3.8, 4) is 0 Å². The van der Waals surface area contributed by atoms with Gasteiger partial charge in [0.1, 0.15) is 10.0 Å². The number of alkyl halides is 3. The number of nitrogens with one attached hydrogen (secondary N) is 2. The van der Waals surface area contributed by atoms with E-state index in [0.717, 1.165) is 0 Å². The molecule has 2 N–H and O–H groups in total. The van der Waals surface area contributed by atoms with Gasteiger partial charge in [0.2, 0.25) is 0 Å². The number of H-pyrrole nitrogens is 2. The average molecular weight is 354 g/mol. The maximum atomic E-state index is 12.8. The van der Waals surface area contributed by atoms with Crippen molar-refractivity contribution in [2.45, 2.75) is 6.18 Å². The van der Waals surface area contributed by atoms with Crippen LogP contribution in [0.2, 0.25) is 0 Å². The summed E-state index contributed by atoms with van der Waals surface area (Å²) in [5.74, 6) is 0. The minimum Gasteiger partial charge on any atom is -0.316 e. The molecule has 0 aliphatic rings. The molecule has 11 heteroatoms. The molecule has 0 spiro atoms. The molecule has 0 atom stereocenters. The van der Waals surface area contributed by atoms with Crippen LogP contribution in [0.15, 0.2) is 20.1 Å². The van der Waals surface area contributed by atoms with Gasteiger partial charge in [-0.05, 0) is 22.0 Å². The third kappa shape index (κ3) is 2.19. The number of benzene rings is 1. The van der Waals surface area contributed by atoms with E-state index < -0.39 is 37.9 Å². The highest BCUT2D eigenvalue weighted by Gasteiger charge is 2.40. The number of nitro groups is 1. The number of hydrogen-bond acceptors (Lipinski definition) is 4. The van der Waals surface area contributed by atoms with Crippen molar-refractivity contribution in [1.82, 2.24) is 9.97 Å². The molecule has 0 aliphatic heterocycles. The van der Waals surface area contributed by atoms with Crippen LogP contribution in [0.1, 0.15) is 5.56 Å². The fourth-order valence-electron chi connectivity index (χ4n) is 1.60. The first kappa shape index (κ1) is 14.2. The van der Waals surface area contributed by atoms with E-state index in [-0.39, 0.29) is 11.0 Å². The summed E-state index contributed by atoms with van der Waals surface area (Å²) in [6.07, 6.45) is -4.99. The van der Waals surface area contributed by atoms with Gasteiger partial charge in [0, 0.05) is 0 Å². The number of halogens is 4. The molecule has 0 unspecified atom stereocenters. The van der Waals surface area contributed by atoms with E-state index in [1.807, 2.05) is 9.97 Å². The van der Waals surface area contributed by atoms with Crippen LogP contribution in [-0.4, -0.2) is 14.9 Å². The highest BCUT2D eigenvalue weighted by atomic mass is 79.9. The number of aromatic amines is 2. The fourth-order valence-corrected chi connectivity index (χ4v) is 2.28. The SMILES string of the molecule is O=c1[nH]c2cc(C(F)(F)F)c([N+](=O)[O-])c(Br)c2[nH]c1=O. The molecule has 0 fully saturated rings. The molecule has 7 nitrogen and oxygen atoms in total. The molecule has 0 bridgehead atoms. The lowest BCUT2D eigenvalue weighted by Crippen LogP contribution is -2.29. The number of nitrogens with zero attached hydrogens (tertiary/aromatic N) is 1. The molecule has 20 heavy (non-hydrogen) atoms. The maximum absolute atomic E-state index is 12.8. The lowest BCUT2D eigenvalue weighted by atomic mass is 10.1. The molecule has 1 aromatic carbocycles. The van der Waals surface area contributed by atoms with E-state index in [1.54, 1.807) is 0 Å². The van der Waals surface area contributed by atoms with Crippen LogP contribution in [0.5, 0.6) is 0 Å². The number of nitro benzene ring substituents is 1. The maximum Gasteiger partial charge on any atom is 0.423 e. The second-order valence-corrected chi connectivity index (χ2v) is 4.47. The quantitative estimate of drug-likeness (QED) is 0.463. The summed E-state index contributed by atoms with van der Waals surface area (Å²) >= 11 is 2.65. The number of hydrogen-bond donors (Lipinski definition) is 2. The zero-order valence-electron chi connectivity index (χ0n) is 9.17. The van der Waals surface area contributed by atoms with Gasteiger partial charge in [-0.25, -0.2) is 0 Å². The van der Waals surface area contributed by atoms with Crippen molar-refractivity contribution < 1.29 is 18.1 Å². The predicted octanol–water partition coefficient (Wildman–Crippen LogP) is 1.91. The van der Waals surface area contributed by atoms with Gasteiger partial charge in [-0.15, -0.1) is 0 Å². The van der Waals surface area contributed by atoms with Gasteiger partial charge in [-0.1, -0.05) is 0 Å². The molecule has 0 saturated carbocycles. The Morgan fingerprint density at radius 2 is 1.75 bits per heavy atom. The van der Waals surface area contributed by atoms with Crippen LogP contribution in [0.4, 0.5) is 18.9 Å². The Balaban J connectivity index is 3.05. The Kier molecular flexibility index (Phi) is 3.16. The largest absolute Gasteiger partial charge is 0.423 e. The second kappa shape index (κ2) is 4.44. The molecule has 106 valence electrons. The summed E-state index contributed by atoms with van der Waals surface area (Å²) in [6, 6.07) is 0.398. The Morgan fingerprint density at radius 1 is 1.20 bits per heavy atom. The zero-order valence-corrected chi connectivity index (χ0v) is 10.8. The first-order chi connectivity index (χ1) is 9.12. The molecule has 0 radical (unpaired) electrons. The number of rotatable bonds is 1. The number of fused-ring (bicyclic) bond motifs is 1. The van der Waals surface area contributed by atoms with E-state index in [1.165, 1.54) is 0 Å². The summed E-state index contributed by atoms with van der Waals surface area (Å²) in [5.41, 5.74) is -5.75. The van der Waals surface area contributed by atoms with Crippen molar-refractivity contribution in [2.75, 3.05) is 0 Å². The molecule has 0 aliphatic carbocycles. The lowest BCUT2D eigenvalue weighted by Gasteiger charge is -2.10. The van der Waals surface area contributed by atoms with Gasteiger partial charge < -0.3 is 9.97 Å². The van der Waals surface area contributed by atoms with Crippen LogP contribution in [0.3, 0.4) is 0 Å². The summed E-state index contributed by atoms with van der Waals surface area (Å²) < 4.78 is 37.9. The van der Waals surface area contributed by atoms with Crippen LogP contribution in [-0.2, 0) is 6.18 Å². The summed E-state index contributed by atoms with van der Waals surface area (Å²) in [5, 5.41) is 10.8. The molecular formula is C9H3BrF3N3O4. The first-order valence-corrected chi connectivity index (χ1v) is 5.62. The number of aromatic nitrogens is 2. The van der Waals surface area contributed by atoms with Crippen molar-refractivity contribution in [1.29, 1.82) is 0 Å². The van der Waals surface area contributed by atoms with E-state index >= 15 is 0 Å². The van der Waals surface area contributed by atoms with Crippen molar-refractivity contribution in [2.24, 2.45) is 0 Å². The monoisotopic (exact) mass is 353 g/mol. The van der Waals surface area contributed by atoms with Gasteiger partial charge in [0.05, 0.1) is 16.0 Å². The van der Waals surface area contributed by atoms with Crippen molar-refractivity contribution >= 4 is 32.7 Å². The fraction of sp³-hybridized carbons (Fsp3) is 0.111. The average Bonchev–Trinajstić information content (AvgIpc) is 2.29. The summed E-state index contributed by atoms with van der Waals surface area (Å²) in [4.78, 5) is 35.7. The smallest absolute Gasteiger partial charge is 0.316 e. The minimum atomic E-state index is -4.99. The summed E-state index contributed by atoms with van der Waals surface area (Å²) in [6.45, 7) is 0. The van der Waals surface area contributed by atoms with E-state index in [2.05, 4.69) is 15.9 Å². The zero-order chi connectivity index (χ0) is 15.2. The third-order valence-electron chi connectivity index (χ3n) is 2.42.